The Morgan fingerprint density at radius 2 is 2.13 bits per heavy atom. The van der Waals surface area contributed by atoms with Gasteiger partial charge in [-0.05, 0) is 48.8 Å². The van der Waals surface area contributed by atoms with Crippen LogP contribution in [0.5, 0.6) is 0 Å². The van der Waals surface area contributed by atoms with Crippen LogP contribution in [0, 0.1) is 17.3 Å². The highest BCUT2D eigenvalue weighted by molar-refractivity contribution is 9.11. The average Bonchev–Trinajstić information content (AvgIpc) is 2.49. The molecule has 0 bridgehead atoms. The van der Waals surface area contributed by atoms with Crippen molar-refractivity contribution >= 4 is 33.0 Å². The van der Waals surface area contributed by atoms with Gasteiger partial charge >= 0.3 is 0 Å². The number of halogens is 1. The average molecular weight is 285 g/mol. The van der Waals surface area contributed by atoms with Gasteiger partial charge < -0.3 is 0 Å². The van der Waals surface area contributed by atoms with Crippen molar-refractivity contribution in [3.8, 4) is 11.8 Å². The van der Waals surface area contributed by atoms with E-state index in [9.17, 15) is 4.79 Å². The zero-order valence-electron chi connectivity index (χ0n) is 9.06. The molecule has 0 atom stereocenters. The van der Waals surface area contributed by atoms with Gasteiger partial charge in [0.1, 0.15) is 0 Å². The van der Waals surface area contributed by atoms with Gasteiger partial charge in [0.25, 0.3) is 0 Å². The first-order valence-corrected chi connectivity index (χ1v) is 6.28. The third-order valence-electron chi connectivity index (χ3n) is 1.56. The molecule has 0 amide bonds. The van der Waals surface area contributed by atoms with E-state index in [1.165, 1.54) is 11.3 Å². The lowest BCUT2D eigenvalue weighted by atomic mass is 9.98. The molecule has 0 saturated carbocycles. The molecule has 0 aromatic carbocycles. The molecule has 0 spiro atoms. The Labute approximate surface area is 103 Å². The normalized spacial score (nSPS) is 10.7. The Morgan fingerprint density at radius 1 is 1.47 bits per heavy atom. The van der Waals surface area contributed by atoms with Gasteiger partial charge in [0.2, 0.25) is 0 Å². The monoisotopic (exact) mass is 284 g/mol. The molecule has 80 valence electrons. The van der Waals surface area contributed by atoms with E-state index in [0.717, 1.165) is 8.66 Å². The van der Waals surface area contributed by atoms with Crippen molar-refractivity contribution in [2.75, 3.05) is 0 Å². The molecule has 0 N–H and O–H groups in total. The van der Waals surface area contributed by atoms with Gasteiger partial charge in [-0.15, -0.1) is 11.3 Å². The maximum atomic E-state index is 11.6. The van der Waals surface area contributed by atoms with E-state index in [-0.39, 0.29) is 11.2 Å². The minimum Gasteiger partial charge on any atom is -0.292 e. The molecular weight excluding hydrogens is 272 g/mol. The minimum atomic E-state index is -0.0314. The Bertz CT molecular complexity index is 415. The number of carbonyl (C=O) groups is 1. The molecule has 15 heavy (non-hydrogen) atoms. The zero-order valence-corrected chi connectivity index (χ0v) is 11.5. The van der Waals surface area contributed by atoms with Crippen LogP contribution in [0.2, 0.25) is 0 Å². The van der Waals surface area contributed by atoms with Crippen molar-refractivity contribution < 1.29 is 4.79 Å². The highest BCUT2D eigenvalue weighted by Gasteiger charge is 2.07. The lowest BCUT2D eigenvalue weighted by Gasteiger charge is -2.06. The van der Waals surface area contributed by atoms with Crippen molar-refractivity contribution in [1.29, 1.82) is 0 Å². The highest BCUT2D eigenvalue weighted by atomic mass is 79.9. The summed E-state index contributed by atoms with van der Waals surface area (Å²) in [6, 6.07) is 3.71. The number of rotatable bonds is 2. The van der Waals surface area contributed by atoms with Crippen molar-refractivity contribution in [1.82, 2.24) is 0 Å². The van der Waals surface area contributed by atoms with Crippen LogP contribution in [0.3, 0.4) is 0 Å². The summed E-state index contributed by atoms with van der Waals surface area (Å²) in [6.45, 7) is 6.10. The molecular formula is C12H13BrOS. The molecule has 0 fully saturated rings. The predicted molar refractivity (Wildman–Crippen MR) is 68.2 cm³/mol. The summed E-state index contributed by atoms with van der Waals surface area (Å²) in [7, 11) is 0. The van der Waals surface area contributed by atoms with Crippen LogP contribution in [-0.2, 0) is 0 Å². The summed E-state index contributed by atoms with van der Waals surface area (Å²) in [5, 5.41) is 0. The number of hydrogen-bond acceptors (Lipinski definition) is 2. The second kappa shape index (κ2) is 4.96. The van der Waals surface area contributed by atoms with Gasteiger partial charge in [0.15, 0.2) is 5.78 Å². The maximum absolute atomic E-state index is 11.6. The topological polar surface area (TPSA) is 17.1 Å². The van der Waals surface area contributed by atoms with Gasteiger partial charge in [-0.1, -0.05) is 11.8 Å². The third kappa shape index (κ3) is 4.63. The van der Waals surface area contributed by atoms with Crippen molar-refractivity contribution in [2.45, 2.75) is 27.2 Å². The first-order valence-electron chi connectivity index (χ1n) is 4.67. The van der Waals surface area contributed by atoms with Crippen LogP contribution >= 0.6 is 27.3 Å². The minimum absolute atomic E-state index is 0.0314. The predicted octanol–water partition coefficient (Wildman–Crippen LogP) is 4.13. The van der Waals surface area contributed by atoms with E-state index >= 15 is 0 Å². The van der Waals surface area contributed by atoms with Gasteiger partial charge in [-0.25, -0.2) is 0 Å². The third-order valence-corrected chi connectivity index (χ3v) is 3.23. The Hall–Kier alpha value is -0.590. The molecule has 3 heteroatoms. The van der Waals surface area contributed by atoms with Crippen molar-refractivity contribution in [3.63, 3.8) is 0 Å². The van der Waals surface area contributed by atoms with Gasteiger partial charge in [-0.3, -0.25) is 4.79 Å². The van der Waals surface area contributed by atoms with Crippen LogP contribution < -0.4 is 0 Å². The van der Waals surface area contributed by atoms with Crippen LogP contribution in [-0.4, -0.2) is 5.78 Å². The maximum Gasteiger partial charge on any atom is 0.184 e. The standard InChI is InChI=1S/C12H13BrOS/c1-12(2,3)8-4-5-9(14)10-6-7-11(13)15-10/h6-7H,5H2,1-3H3. The number of ketones is 1. The highest BCUT2D eigenvalue weighted by Crippen LogP contribution is 2.23. The fourth-order valence-corrected chi connectivity index (χ4v) is 2.26. The quantitative estimate of drug-likeness (QED) is 0.589. The first-order chi connectivity index (χ1) is 6.88. The summed E-state index contributed by atoms with van der Waals surface area (Å²) >= 11 is 4.78. The Kier molecular flexibility index (Phi) is 4.12. The Balaban J connectivity index is 2.60. The molecule has 1 heterocycles. The number of thiophene rings is 1. The molecule has 0 radical (unpaired) electrons. The van der Waals surface area contributed by atoms with Gasteiger partial charge in [-0.2, -0.15) is 0 Å². The molecule has 1 aromatic rings. The van der Waals surface area contributed by atoms with E-state index in [0.29, 0.717) is 6.42 Å². The summed E-state index contributed by atoms with van der Waals surface area (Å²) in [5.74, 6) is 6.08. The summed E-state index contributed by atoms with van der Waals surface area (Å²) in [6.07, 6.45) is 0.310. The largest absolute Gasteiger partial charge is 0.292 e. The van der Waals surface area contributed by atoms with E-state index < -0.39 is 0 Å². The SMILES string of the molecule is CC(C)(C)C#CCC(=O)c1ccc(Br)s1. The fourth-order valence-electron chi connectivity index (χ4n) is 0.941. The van der Waals surface area contributed by atoms with Crippen LogP contribution in [0.25, 0.3) is 0 Å². The van der Waals surface area contributed by atoms with Gasteiger partial charge in [0.05, 0.1) is 15.1 Å². The summed E-state index contributed by atoms with van der Waals surface area (Å²) in [5.41, 5.74) is -0.0314. The molecule has 1 nitrogen and oxygen atoms in total. The molecule has 0 unspecified atom stereocenters. The fraction of sp³-hybridized carbons (Fsp3) is 0.417. The molecule has 0 saturated heterocycles. The molecule has 1 rings (SSSR count). The van der Waals surface area contributed by atoms with E-state index in [1.54, 1.807) is 0 Å². The summed E-state index contributed by atoms with van der Waals surface area (Å²) < 4.78 is 0.981. The molecule has 0 aliphatic carbocycles. The molecule has 1 aromatic heterocycles. The smallest absolute Gasteiger partial charge is 0.184 e. The second-order valence-electron chi connectivity index (χ2n) is 4.26. The van der Waals surface area contributed by atoms with E-state index in [1.807, 2.05) is 32.9 Å². The summed E-state index contributed by atoms with van der Waals surface area (Å²) in [4.78, 5) is 12.4. The molecule has 0 aliphatic heterocycles. The second-order valence-corrected chi connectivity index (χ2v) is 6.72. The van der Waals surface area contributed by atoms with E-state index in [4.69, 9.17) is 0 Å². The lowest BCUT2D eigenvalue weighted by molar-refractivity contribution is 0.100. The Morgan fingerprint density at radius 3 is 2.60 bits per heavy atom. The van der Waals surface area contributed by atoms with Gasteiger partial charge in [0, 0.05) is 5.41 Å². The molecule has 0 aliphatic rings. The number of Topliss-reactive ketones (excluding diaryl/α,β-unsaturated/α-hetero) is 1. The number of hydrogen-bond donors (Lipinski definition) is 0. The number of carbonyl (C=O) groups excluding carboxylic acids is 1. The van der Waals surface area contributed by atoms with Crippen molar-refractivity contribution in [3.05, 3.63) is 20.8 Å². The first kappa shape index (κ1) is 12.5. The van der Waals surface area contributed by atoms with Crippen molar-refractivity contribution in [2.24, 2.45) is 5.41 Å². The van der Waals surface area contributed by atoms with E-state index in [2.05, 4.69) is 27.8 Å². The zero-order chi connectivity index (χ0) is 11.5. The van der Waals surface area contributed by atoms with Crippen LogP contribution in [0.1, 0.15) is 36.9 Å². The lowest BCUT2D eigenvalue weighted by Crippen LogP contribution is -2.00. The van der Waals surface area contributed by atoms with Crippen LogP contribution in [0.4, 0.5) is 0 Å². The van der Waals surface area contributed by atoms with Crippen LogP contribution in [0.15, 0.2) is 15.9 Å².